The second kappa shape index (κ2) is 6.86. The summed E-state index contributed by atoms with van der Waals surface area (Å²) in [5.41, 5.74) is 7.12. The lowest BCUT2D eigenvalue weighted by Crippen LogP contribution is -2.48. The molecule has 0 unspecified atom stereocenters. The molecule has 0 spiro atoms. The van der Waals surface area contributed by atoms with Crippen molar-refractivity contribution >= 4 is 5.91 Å². The maximum atomic E-state index is 12.3. The molecule has 1 fully saturated rings. The van der Waals surface area contributed by atoms with E-state index in [9.17, 15) is 9.90 Å². The molecule has 1 heterocycles. The molecule has 0 aromatic heterocycles. The van der Waals surface area contributed by atoms with E-state index in [4.69, 9.17) is 5.73 Å². The predicted molar refractivity (Wildman–Crippen MR) is 79.1 cm³/mol. The molecule has 4 nitrogen and oxygen atoms in total. The molecule has 110 valence electrons. The fourth-order valence-electron chi connectivity index (χ4n) is 2.79. The summed E-state index contributed by atoms with van der Waals surface area (Å²) in [7, 11) is 0. The zero-order valence-electron chi connectivity index (χ0n) is 12.0. The van der Waals surface area contributed by atoms with Crippen molar-refractivity contribution in [3.05, 3.63) is 35.9 Å². The minimum absolute atomic E-state index is 0.0258. The van der Waals surface area contributed by atoms with Crippen molar-refractivity contribution in [3.63, 3.8) is 0 Å². The van der Waals surface area contributed by atoms with E-state index >= 15 is 0 Å². The van der Waals surface area contributed by atoms with Crippen molar-refractivity contribution in [1.82, 2.24) is 4.90 Å². The van der Waals surface area contributed by atoms with Crippen LogP contribution in [0.3, 0.4) is 0 Å². The Morgan fingerprint density at radius 1 is 1.35 bits per heavy atom. The van der Waals surface area contributed by atoms with E-state index in [1.54, 1.807) is 0 Å². The Hall–Kier alpha value is -1.39. The Balaban J connectivity index is 1.85. The molecular formula is C16H24N2O2. The van der Waals surface area contributed by atoms with Crippen molar-refractivity contribution in [2.75, 3.05) is 13.1 Å². The number of rotatable bonds is 4. The molecule has 0 aliphatic carbocycles. The smallest absolute Gasteiger partial charge is 0.239 e. The Bertz CT molecular complexity index is 425. The van der Waals surface area contributed by atoms with E-state index in [-0.39, 0.29) is 12.0 Å². The third-order valence-corrected chi connectivity index (χ3v) is 4.15. The maximum absolute atomic E-state index is 12.3. The molecule has 1 amide bonds. The van der Waals surface area contributed by atoms with Crippen molar-refractivity contribution in [3.8, 4) is 0 Å². The van der Waals surface area contributed by atoms with E-state index in [2.05, 4.69) is 0 Å². The van der Waals surface area contributed by atoms with Gasteiger partial charge in [-0.1, -0.05) is 30.3 Å². The number of nitrogens with zero attached hydrogens (tertiary/aromatic N) is 1. The number of carbonyl (C=O) groups is 1. The Kier molecular flexibility index (Phi) is 5.15. The van der Waals surface area contributed by atoms with E-state index in [1.807, 2.05) is 42.2 Å². The summed E-state index contributed by atoms with van der Waals surface area (Å²) < 4.78 is 0. The predicted octanol–water partition coefficient (Wildman–Crippen LogP) is 1.18. The van der Waals surface area contributed by atoms with Crippen LogP contribution in [0.2, 0.25) is 0 Å². The summed E-state index contributed by atoms with van der Waals surface area (Å²) in [6.45, 7) is 3.23. The first-order chi connectivity index (χ1) is 9.58. The molecule has 1 aliphatic rings. The van der Waals surface area contributed by atoms with Gasteiger partial charge in [0.25, 0.3) is 0 Å². The molecule has 0 bridgehead atoms. The van der Waals surface area contributed by atoms with E-state index < -0.39 is 6.04 Å². The number of piperidine rings is 1. The zero-order chi connectivity index (χ0) is 14.5. The van der Waals surface area contributed by atoms with Gasteiger partial charge in [0.2, 0.25) is 5.91 Å². The van der Waals surface area contributed by atoms with Gasteiger partial charge in [0.05, 0.1) is 12.1 Å². The molecule has 1 aromatic rings. The first kappa shape index (κ1) is 15.0. The topological polar surface area (TPSA) is 66.6 Å². The summed E-state index contributed by atoms with van der Waals surface area (Å²) in [5.74, 6) is 0.335. The average Bonchev–Trinajstić information content (AvgIpc) is 2.47. The van der Waals surface area contributed by atoms with Crippen molar-refractivity contribution in [1.29, 1.82) is 0 Å². The van der Waals surface area contributed by atoms with Gasteiger partial charge in [-0.25, -0.2) is 0 Å². The summed E-state index contributed by atoms with van der Waals surface area (Å²) in [6.07, 6.45) is 2.02. The average molecular weight is 276 g/mol. The maximum Gasteiger partial charge on any atom is 0.239 e. The number of hydrogen-bond acceptors (Lipinski definition) is 3. The van der Waals surface area contributed by atoms with Gasteiger partial charge in [0.15, 0.2) is 0 Å². The lowest BCUT2D eigenvalue weighted by molar-refractivity contribution is -0.134. The lowest BCUT2D eigenvalue weighted by Gasteiger charge is -2.34. The Morgan fingerprint density at radius 2 is 1.95 bits per heavy atom. The highest BCUT2D eigenvalue weighted by atomic mass is 16.3. The lowest BCUT2D eigenvalue weighted by atomic mass is 9.91. The standard InChI is InChI=1S/C16H24N2O2/c1-12(19)14-7-9-18(10-8-14)16(20)15(17)11-13-5-3-2-4-6-13/h2-6,12,14-15,19H,7-11,17H2,1H3/t12-,15+/m1/s1. The van der Waals surface area contributed by atoms with Crippen LogP contribution < -0.4 is 5.73 Å². The number of hydrogen-bond donors (Lipinski definition) is 2. The quantitative estimate of drug-likeness (QED) is 0.867. The van der Waals surface area contributed by atoms with Gasteiger partial charge in [-0.2, -0.15) is 0 Å². The molecule has 3 N–H and O–H groups in total. The van der Waals surface area contributed by atoms with Crippen LogP contribution in [-0.4, -0.2) is 41.1 Å². The third-order valence-electron chi connectivity index (χ3n) is 4.15. The van der Waals surface area contributed by atoms with E-state index in [1.165, 1.54) is 0 Å². The Labute approximate surface area is 120 Å². The number of benzene rings is 1. The number of aliphatic hydroxyl groups is 1. The van der Waals surface area contributed by atoms with Crippen LogP contribution >= 0.6 is 0 Å². The zero-order valence-corrected chi connectivity index (χ0v) is 12.0. The van der Waals surface area contributed by atoms with Gasteiger partial charge in [-0.3, -0.25) is 4.79 Å². The van der Waals surface area contributed by atoms with Gasteiger partial charge in [-0.15, -0.1) is 0 Å². The molecule has 20 heavy (non-hydrogen) atoms. The fourth-order valence-corrected chi connectivity index (χ4v) is 2.79. The van der Waals surface area contributed by atoms with Gasteiger partial charge >= 0.3 is 0 Å². The number of likely N-dealkylation sites (tertiary alicyclic amines) is 1. The second-order valence-corrected chi connectivity index (χ2v) is 5.70. The summed E-state index contributed by atoms with van der Waals surface area (Å²) in [6, 6.07) is 9.39. The minimum Gasteiger partial charge on any atom is -0.393 e. The number of amides is 1. The molecule has 0 saturated carbocycles. The Morgan fingerprint density at radius 3 is 2.50 bits per heavy atom. The van der Waals surface area contributed by atoms with Crippen LogP contribution in [0.25, 0.3) is 0 Å². The van der Waals surface area contributed by atoms with Gasteiger partial charge < -0.3 is 15.7 Å². The highest BCUT2D eigenvalue weighted by Gasteiger charge is 2.28. The van der Waals surface area contributed by atoms with Crippen molar-refractivity contribution in [2.24, 2.45) is 11.7 Å². The van der Waals surface area contributed by atoms with Gasteiger partial charge in [0, 0.05) is 13.1 Å². The van der Waals surface area contributed by atoms with Crippen LogP contribution in [0.15, 0.2) is 30.3 Å². The molecule has 4 heteroatoms. The first-order valence-electron chi connectivity index (χ1n) is 7.34. The molecule has 1 aromatic carbocycles. The molecule has 2 rings (SSSR count). The molecule has 2 atom stereocenters. The molecule has 1 aliphatic heterocycles. The summed E-state index contributed by atoms with van der Waals surface area (Å²) in [5, 5.41) is 9.58. The molecule has 1 saturated heterocycles. The van der Waals surface area contributed by atoms with Crippen LogP contribution in [0.1, 0.15) is 25.3 Å². The SMILES string of the molecule is C[C@@H](O)C1CCN(C(=O)[C@@H](N)Cc2ccccc2)CC1. The normalized spacial score (nSPS) is 19.6. The van der Waals surface area contributed by atoms with Crippen molar-refractivity contribution in [2.45, 2.75) is 38.3 Å². The van der Waals surface area contributed by atoms with Crippen LogP contribution in [0, 0.1) is 5.92 Å². The largest absolute Gasteiger partial charge is 0.393 e. The van der Waals surface area contributed by atoms with Crippen LogP contribution in [-0.2, 0) is 11.2 Å². The van der Waals surface area contributed by atoms with Crippen LogP contribution in [0.4, 0.5) is 0 Å². The number of aliphatic hydroxyl groups excluding tert-OH is 1. The molecule has 0 radical (unpaired) electrons. The highest BCUT2D eigenvalue weighted by Crippen LogP contribution is 2.21. The molecular weight excluding hydrogens is 252 g/mol. The second-order valence-electron chi connectivity index (χ2n) is 5.70. The van der Waals surface area contributed by atoms with Crippen molar-refractivity contribution < 1.29 is 9.90 Å². The fraction of sp³-hybridized carbons (Fsp3) is 0.562. The summed E-state index contributed by atoms with van der Waals surface area (Å²) in [4.78, 5) is 14.2. The van der Waals surface area contributed by atoms with E-state index in [0.717, 1.165) is 18.4 Å². The van der Waals surface area contributed by atoms with Gasteiger partial charge in [0.1, 0.15) is 0 Å². The number of nitrogens with two attached hydrogens (primary N) is 1. The third kappa shape index (κ3) is 3.81. The minimum atomic E-state index is -0.472. The number of carbonyl (C=O) groups excluding carboxylic acids is 1. The van der Waals surface area contributed by atoms with E-state index in [0.29, 0.717) is 25.4 Å². The van der Waals surface area contributed by atoms with Gasteiger partial charge in [-0.05, 0) is 37.7 Å². The van der Waals surface area contributed by atoms with Crippen LogP contribution in [0.5, 0.6) is 0 Å². The summed E-state index contributed by atoms with van der Waals surface area (Å²) >= 11 is 0. The monoisotopic (exact) mass is 276 g/mol. The first-order valence-corrected chi connectivity index (χ1v) is 7.34. The highest BCUT2D eigenvalue weighted by molar-refractivity contribution is 5.82.